The molecule has 0 aliphatic heterocycles. The molecule has 0 bridgehead atoms. The fourth-order valence-electron chi connectivity index (χ4n) is 2.57. The third kappa shape index (κ3) is 4.99. The molecule has 142 valence electrons. The topological polar surface area (TPSA) is 49.9 Å². The van der Waals surface area contributed by atoms with E-state index in [-0.39, 0.29) is 11.0 Å². The summed E-state index contributed by atoms with van der Waals surface area (Å²) in [6, 6.07) is 14.2. The van der Waals surface area contributed by atoms with Crippen LogP contribution in [0.5, 0.6) is 5.75 Å². The second-order valence-corrected chi connectivity index (χ2v) is 8.67. The molecular formula is C20H28N2O3S. The minimum atomic E-state index is -3.67. The van der Waals surface area contributed by atoms with Gasteiger partial charge in [0.05, 0.1) is 16.7 Å². The molecule has 0 atom stereocenters. The molecule has 0 fully saturated rings. The monoisotopic (exact) mass is 376 g/mol. The number of benzene rings is 2. The summed E-state index contributed by atoms with van der Waals surface area (Å²) >= 11 is 0. The Balaban J connectivity index is 2.41. The van der Waals surface area contributed by atoms with Gasteiger partial charge in [0.2, 0.25) is 0 Å². The molecule has 0 N–H and O–H groups in total. The minimum absolute atomic E-state index is 0.0389. The van der Waals surface area contributed by atoms with Crippen LogP contribution in [0.1, 0.15) is 19.4 Å². The number of rotatable bonds is 8. The maximum absolute atomic E-state index is 13.3. The summed E-state index contributed by atoms with van der Waals surface area (Å²) in [6.07, 6.45) is 0.0389. The molecule has 0 aromatic heterocycles. The number of hydrogen-bond acceptors (Lipinski definition) is 4. The van der Waals surface area contributed by atoms with E-state index in [4.69, 9.17) is 4.74 Å². The largest absolute Gasteiger partial charge is 0.491 e. The van der Waals surface area contributed by atoms with Crippen molar-refractivity contribution in [3.8, 4) is 5.75 Å². The average Bonchev–Trinajstić information content (AvgIpc) is 2.57. The molecule has 0 amide bonds. The summed E-state index contributed by atoms with van der Waals surface area (Å²) in [5, 5.41) is 0. The van der Waals surface area contributed by atoms with Crippen molar-refractivity contribution in [3.05, 3.63) is 54.1 Å². The summed E-state index contributed by atoms with van der Waals surface area (Å²) < 4.78 is 33.8. The number of likely N-dealkylation sites (N-methyl/N-ethyl adjacent to an activating group) is 1. The molecule has 2 rings (SSSR count). The Kier molecular flexibility index (Phi) is 6.67. The molecule has 0 unspecified atom stereocenters. The van der Waals surface area contributed by atoms with Crippen LogP contribution in [-0.4, -0.2) is 46.6 Å². The molecule has 0 saturated carbocycles. The van der Waals surface area contributed by atoms with E-state index in [1.165, 1.54) is 4.31 Å². The lowest BCUT2D eigenvalue weighted by atomic mass is 10.2. The number of para-hydroxylation sites is 1. The van der Waals surface area contributed by atoms with Crippen LogP contribution < -0.4 is 9.04 Å². The van der Waals surface area contributed by atoms with Gasteiger partial charge in [-0.2, -0.15) is 0 Å². The van der Waals surface area contributed by atoms with Crippen molar-refractivity contribution in [1.82, 2.24) is 4.90 Å². The molecule has 5 nitrogen and oxygen atoms in total. The van der Waals surface area contributed by atoms with Gasteiger partial charge in [0.1, 0.15) is 5.75 Å². The normalized spacial score (nSPS) is 11.8. The van der Waals surface area contributed by atoms with Crippen LogP contribution in [0.25, 0.3) is 0 Å². The number of anilines is 1. The van der Waals surface area contributed by atoms with Crippen molar-refractivity contribution < 1.29 is 13.2 Å². The zero-order valence-electron chi connectivity index (χ0n) is 16.1. The fourth-order valence-corrected chi connectivity index (χ4v) is 4.11. The zero-order valence-corrected chi connectivity index (χ0v) is 17.0. The predicted molar refractivity (Wildman–Crippen MR) is 106 cm³/mol. The highest BCUT2D eigenvalue weighted by Crippen LogP contribution is 2.27. The Morgan fingerprint density at radius 2 is 1.65 bits per heavy atom. The van der Waals surface area contributed by atoms with Crippen molar-refractivity contribution >= 4 is 15.7 Å². The van der Waals surface area contributed by atoms with Gasteiger partial charge < -0.3 is 9.64 Å². The van der Waals surface area contributed by atoms with Crippen molar-refractivity contribution in [2.45, 2.75) is 31.8 Å². The molecule has 0 heterocycles. The minimum Gasteiger partial charge on any atom is -0.491 e. The first-order valence-electron chi connectivity index (χ1n) is 8.71. The van der Waals surface area contributed by atoms with Crippen molar-refractivity contribution in [2.75, 3.05) is 31.5 Å². The van der Waals surface area contributed by atoms with Crippen LogP contribution in [0.15, 0.2) is 53.4 Å². The quantitative estimate of drug-likeness (QED) is 0.707. The number of nitrogens with zero attached hydrogens (tertiary/aromatic N) is 2. The van der Waals surface area contributed by atoms with E-state index in [9.17, 15) is 8.42 Å². The maximum Gasteiger partial charge on any atom is 0.264 e. The fraction of sp³-hybridized carbons (Fsp3) is 0.400. The van der Waals surface area contributed by atoms with Crippen LogP contribution in [-0.2, 0) is 10.0 Å². The third-order valence-corrected chi connectivity index (χ3v) is 5.71. The lowest BCUT2D eigenvalue weighted by molar-refractivity contribution is 0.240. The lowest BCUT2D eigenvalue weighted by Gasteiger charge is -2.26. The van der Waals surface area contributed by atoms with Gasteiger partial charge in [-0.25, -0.2) is 8.42 Å². The molecule has 0 aliphatic carbocycles. The Bertz CT molecular complexity index is 818. The Hall–Kier alpha value is -2.05. The molecule has 0 spiro atoms. The molecule has 0 saturated heterocycles. The average molecular weight is 377 g/mol. The first kappa shape index (κ1) is 20.3. The first-order valence-corrected chi connectivity index (χ1v) is 10.2. The summed E-state index contributed by atoms with van der Waals surface area (Å²) in [4.78, 5) is 2.24. The van der Waals surface area contributed by atoms with Crippen LogP contribution in [0.4, 0.5) is 5.69 Å². The van der Waals surface area contributed by atoms with Crippen molar-refractivity contribution in [2.24, 2.45) is 0 Å². The molecule has 0 aliphatic rings. The van der Waals surface area contributed by atoms with Gasteiger partial charge in [-0.15, -0.1) is 0 Å². The van der Waals surface area contributed by atoms with E-state index >= 15 is 0 Å². The number of sulfonamides is 1. The van der Waals surface area contributed by atoms with Crippen LogP contribution >= 0.6 is 0 Å². The van der Waals surface area contributed by atoms with Gasteiger partial charge >= 0.3 is 0 Å². The van der Waals surface area contributed by atoms with Gasteiger partial charge in [0.25, 0.3) is 10.0 Å². The van der Waals surface area contributed by atoms with E-state index < -0.39 is 10.0 Å². The standard InChI is InChI=1S/C20H28N2O3S/c1-16(2)25-20-12-11-19(15-17(20)3)26(23,24)22(14-13-21(4)5)18-9-7-6-8-10-18/h6-12,15-16H,13-14H2,1-5H3. The smallest absolute Gasteiger partial charge is 0.264 e. The SMILES string of the molecule is Cc1cc(S(=O)(=O)N(CCN(C)C)c2ccccc2)ccc1OC(C)C. The highest BCUT2D eigenvalue weighted by Gasteiger charge is 2.25. The Morgan fingerprint density at radius 3 is 2.19 bits per heavy atom. The molecule has 0 radical (unpaired) electrons. The van der Waals surface area contributed by atoms with Gasteiger partial charge in [-0.3, -0.25) is 4.31 Å². The zero-order chi connectivity index (χ0) is 19.3. The highest BCUT2D eigenvalue weighted by molar-refractivity contribution is 7.92. The van der Waals surface area contributed by atoms with Crippen LogP contribution in [0.3, 0.4) is 0 Å². The number of hydrogen-bond donors (Lipinski definition) is 0. The molecule has 2 aromatic rings. The van der Waals surface area contributed by atoms with E-state index in [2.05, 4.69) is 0 Å². The van der Waals surface area contributed by atoms with E-state index in [0.717, 1.165) is 5.56 Å². The van der Waals surface area contributed by atoms with Crippen molar-refractivity contribution in [1.29, 1.82) is 0 Å². The van der Waals surface area contributed by atoms with Gasteiger partial charge in [0.15, 0.2) is 0 Å². The molecular weight excluding hydrogens is 348 g/mol. The van der Waals surface area contributed by atoms with E-state index in [1.54, 1.807) is 18.2 Å². The second kappa shape index (κ2) is 8.56. The van der Waals surface area contributed by atoms with E-state index in [1.807, 2.05) is 70.1 Å². The number of ether oxygens (including phenoxy) is 1. The maximum atomic E-state index is 13.3. The summed E-state index contributed by atoms with van der Waals surface area (Å²) in [6.45, 7) is 6.76. The molecule has 2 aromatic carbocycles. The van der Waals surface area contributed by atoms with Crippen LogP contribution in [0.2, 0.25) is 0 Å². The van der Waals surface area contributed by atoms with Gasteiger partial charge in [-0.05, 0) is 70.8 Å². The highest BCUT2D eigenvalue weighted by atomic mass is 32.2. The summed E-state index contributed by atoms with van der Waals surface area (Å²) in [5.74, 6) is 0.707. The molecule has 26 heavy (non-hydrogen) atoms. The van der Waals surface area contributed by atoms with Gasteiger partial charge in [0, 0.05) is 13.1 Å². The second-order valence-electron chi connectivity index (χ2n) is 6.81. The molecule has 6 heteroatoms. The summed E-state index contributed by atoms with van der Waals surface area (Å²) in [5.41, 5.74) is 1.47. The third-order valence-electron chi connectivity index (χ3n) is 3.89. The van der Waals surface area contributed by atoms with Crippen LogP contribution in [0, 0.1) is 6.92 Å². The van der Waals surface area contributed by atoms with E-state index in [0.29, 0.717) is 24.5 Å². The Labute approximate surface area is 157 Å². The number of aryl methyl sites for hydroxylation is 1. The Morgan fingerprint density at radius 1 is 1.00 bits per heavy atom. The summed E-state index contributed by atoms with van der Waals surface area (Å²) in [7, 11) is 0.191. The van der Waals surface area contributed by atoms with Gasteiger partial charge in [-0.1, -0.05) is 18.2 Å². The predicted octanol–water partition coefficient (Wildman–Crippen LogP) is 3.54. The first-order chi connectivity index (χ1) is 12.2. The lowest BCUT2D eigenvalue weighted by Crippen LogP contribution is -2.36. The van der Waals surface area contributed by atoms with Crippen molar-refractivity contribution in [3.63, 3.8) is 0 Å².